The molecule has 8 nitrogen and oxygen atoms in total. The van der Waals surface area contributed by atoms with Crippen molar-refractivity contribution in [1.82, 2.24) is 15.2 Å². The SMILES string of the molecule is O=c1[nH]c2cc3c(cc2cc1CN(CCCO)C(=S)NC[C@@H]1CCCO1)OCCO3. The third-order valence-corrected chi connectivity index (χ3v) is 5.73. The zero-order chi connectivity index (χ0) is 20.9. The van der Waals surface area contributed by atoms with Gasteiger partial charge in [0.05, 0.1) is 18.2 Å². The van der Waals surface area contributed by atoms with Crippen molar-refractivity contribution in [2.75, 3.05) is 39.5 Å². The minimum Gasteiger partial charge on any atom is -0.486 e. The van der Waals surface area contributed by atoms with Gasteiger partial charge in [-0.3, -0.25) is 4.79 Å². The molecule has 1 aromatic heterocycles. The van der Waals surface area contributed by atoms with Gasteiger partial charge in [-0.15, -0.1) is 0 Å². The Kier molecular flexibility index (Phi) is 6.71. The predicted octanol–water partition coefficient (Wildman–Crippen LogP) is 1.54. The molecular formula is C21H27N3O5S. The minimum atomic E-state index is -0.171. The van der Waals surface area contributed by atoms with Crippen molar-refractivity contribution in [2.24, 2.45) is 0 Å². The van der Waals surface area contributed by atoms with E-state index in [1.54, 1.807) is 6.07 Å². The van der Waals surface area contributed by atoms with Crippen molar-refractivity contribution in [3.8, 4) is 11.5 Å². The predicted molar refractivity (Wildman–Crippen MR) is 117 cm³/mol. The smallest absolute Gasteiger partial charge is 0.253 e. The number of hydrogen-bond donors (Lipinski definition) is 3. The van der Waals surface area contributed by atoms with Gasteiger partial charge in [-0.25, -0.2) is 0 Å². The number of pyridine rings is 1. The molecule has 0 aliphatic carbocycles. The number of nitrogens with one attached hydrogen (secondary N) is 2. The number of aliphatic hydroxyl groups is 1. The van der Waals surface area contributed by atoms with Gasteiger partial charge in [0.2, 0.25) is 0 Å². The van der Waals surface area contributed by atoms with Crippen LogP contribution in [0.3, 0.4) is 0 Å². The summed E-state index contributed by atoms with van der Waals surface area (Å²) in [6.07, 6.45) is 2.82. The lowest BCUT2D eigenvalue weighted by Gasteiger charge is -2.26. The molecule has 0 amide bonds. The molecular weight excluding hydrogens is 406 g/mol. The number of thiocarbonyl (C=S) groups is 1. The van der Waals surface area contributed by atoms with Crippen LogP contribution in [0.5, 0.6) is 11.5 Å². The maximum absolute atomic E-state index is 12.7. The van der Waals surface area contributed by atoms with E-state index < -0.39 is 0 Å². The summed E-state index contributed by atoms with van der Waals surface area (Å²) in [6.45, 7) is 3.39. The largest absolute Gasteiger partial charge is 0.486 e. The number of aliphatic hydroxyl groups excluding tert-OH is 1. The quantitative estimate of drug-likeness (QED) is 0.566. The van der Waals surface area contributed by atoms with E-state index in [1.807, 2.05) is 17.0 Å². The fourth-order valence-corrected chi connectivity index (χ4v) is 3.98. The first-order valence-electron chi connectivity index (χ1n) is 10.3. The Morgan fingerprint density at radius 2 is 2.03 bits per heavy atom. The van der Waals surface area contributed by atoms with Gasteiger partial charge in [0.15, 0.2) is 16.6 Å². The maximum Gasteiger partial charge on any atom is 0.253 e. The third-order valence-electron chi connectivity index (χ3n) is 5.32. The molecule has 3 heterocycles. The van der Waals surface area contributed by atoms with E-state index in [-0.39, 0.29) is 18.3 Å². The van der Waals surface area contributed by atoms with E-state index >= 15 is 0 Å². The molecule has 1 aromatic carbocycles. The monoisotopic (exact) mass is 433 g/mol. The fourth-order valence-electron chi connectivity index (χ4n) is 3.74. The van der Waals surface area contributed by atoms with Crippen LogP contribution < -0.4 is 20.3 Å². The van der Waals surface area contributed by atoms with Gasteiger partial charge in [-0.05, 0) is 43.6 Å². The van der Waals surface area contributed by atoms with Crippen LogP contribution in [0, 0.1) is 0 Å². The van der Waals surface area contributed by atoms with E-state index in [2.05, 4.69) is 10.3 Å². The Labute approximate surface area is 180 Å². The standard InChI is InChI=1S/C21H27N3O5S/c25-5-2-4-24(21(30)22-12-16-3-1-6-27-16)13-15-9-14-10-18-19(29-8-7-28-18)11-17(14)23-20(15)26/h9-11,16,25H,1-8,12-13H2,(H,22,30)(H,23,26)/t16-/m0/s1. The molecule has 30 heavy (non-hydrogen) atoms. The van der Waals surface area contributed by atoms with Crippen LogP contribution in [-0.4, -0.2) is 65.7 Å². The Hall–Kier alpha value is -2.36. The number of ether oxygens (including phenoxy) is 3. The van der Waals surface area contributed by atoms with Gasteiger partial charge >= 0.3 is 0 Å². The van der Waals surface area contributed by atoms with Crippen LogP contribution >= 0.6 is 12.2 Å². The zero-order valence-electron chi connectivity index (χ0n) is 16.8. The van der Waals surface area contributed by atoms with Gasteiger partial charge in [-0.1, -0.05) is 0 Å². The highest BCUT2D eigenvalue weighted by Crippen LogP contribution is 2.33. The molecule has 2 aromatic rings. The van der Waals surface area contributed by atoms with Crippen molar-refractivity contribution >= 4 is 28.2 Å². The lowest BCUT2D eigenvalue weighted by atomic mass is 10.1. The Morgan fingerprint density at radius 3 is 2.77 bits per heavy atom. The number of H-pyrrole nitrogens is 1. The molecule has 9 heteroatoms. The Bertz CT molecular complexity index is 958. The minimum absolute atomic E-state index is 0.0579. The first-order chi connectivity index (χ1) is 14.6. The molecule has 162 valence electrons. The van der Waals surface area contributed by atoms with E-state index in [1.165, 1.54) is 0 Å². The molecule has 1 fully saturated rings. The van der Waals surface area contributed by atoms with Crippen LogP contribution in [0.2, 0.25) is 0 Å². The molecule has 0 radical (unpaired) electrons. The molecule has 0 bridgehead atoms. The zero-order valence-corrected chi connectivity index (χ0v) is 17.6. The number of fused-ring (bicyclic) bond motifs is 2. The van der Waals surface area contributed by atoms with Crippen molar-refractivity contribution in [3.63, 3.8) is 0 Å². The van der Waals surface area contributed by atoms with Crippen LogP contribution in [0.15, 0.2) is 23.0 Å². The molecule has 2 aliphatic heterocycles. The molecule has 0 saturated carbocycles. The summed E-state index contributed by atoms with van der Waals surface area (Å²) in [7, 11) is 0. The molecule has 0 spiro atoms. The second-order valence-electron chi connectivity index (χ2n) is 7.53. The number of benzene rings is 1. The topological polar surface area (TPSA) is 96.1 Å². The molecule has 1 saturated heterocycles. The van der Waals surface area contributed by atoms with Crippen LogP contribution in [0.25, 0.3) is 10.9 Å². The number of aromatic nitrogens is 1. The van der Waals surface area contributed by atoms with E-state index in [0.717, 1.165) is 24.8 Å². The van der Waals surface area contributed by atoms with E-state index in [0.29, 0.717) is 67.0 Å². The van der Waals surface area contributed by atoms with Crippen LogP contribution in [-0.2, 0) is 11.3 Å². The van der Waals surface area contributed by atoms with E-state index in [4.69, 9.17) is 26.4 Å². The van der Waals surface area contributed by atoms with Crippen molar-refractivity contribution in [1.29, 1.82) is 0 Å². The summed E-state index contributed by atoms with van der Waals surface area (Å²) in [6, 6.07) is 5.54. The average molecular weight is 434 g/mol. The van der Waals surface area contributed by atoms with Crippen LogP contribution in [0.1, 0.15) is 24.8 Å². The molecule has 3 N–H and O–H groups in total. The van der Waals surface area contributed by atoms with E-state index in [9.17, 15) is 9.90 Å². The molecule has 0 unspecified atom stereocenters. The molecule has 4 rings (SSSR count). The van der Waals surface area contributed by atoms with Crippen molar-refractivity contribution < 1.29 is 19.3 Å². The summed E-state index contributed by atoms with van der Waals surface area (Å²) in [4.78, 5) is 17.6. The second kappa shape index (κ2) is 9.63. The van der Waals surface area contributed by atoms with Crippen LogP contribution in [0.4, 0.5) is 0 Å². The van der Waals surface area contributed by atoms with Gasteiger partial charge in [0, 0.05) is 43.3 Å². The van der Waals surface area contributed by atoms with Crippen molar-refractivity contribution in [2.45, 2.75) is 31.9 Å². The average Bonchev–Trinajstić information content (AvgIpc) is 3.27. The molecule has 1 atom stereocenters. The number of aromatic amines is 1. The molecule has 2 aliphatic rings. The summed E-state index contributed by atoms with van der Waals surface area (Å²) in [5.41, 5.74) is 1.13. The van der Waals surface area contributed by atoms with Gasteiger partial charge in [0.1, 0.15) is 13.2 Å². The Morgan fingerprint density at radius 1 is 1.23 bits per heavy atom. The summed E-state index contributed by atoms with van der Waals surface area (Å²) in [5, 5.41) is 13.9. The van der Waals surface area contributed by atoms with Gasteiger partial charge in [-0.2, -0.15) is 0 Å². The number of hydrogen-bond acceptors (Lipinski definition) is 6. The van der Waals surface area contributed by atoms with Gasteiger partial charge in [0.25, 0.3) is 5.56 Å². The fraction of sp³-hybridized carbons (Fsp3) is 0.524. The maximum atomic E-state index is 12.7. The highest BCUT2D eigenvalue weighted by Gasteiger charge is 2.19. The number of rotatable bonds is 7. The first kappa shape index (κ1) is 20.9. The highest BCUT2D eigenvalue weighted by molar-refractivity contribution is 7.80. The van der Waals surface area contributed by atoms with Gasteiger partial charge < -0.3 is 34.5 Å². The lowest BCUT2D eigenvalue weighted by Crippen LogP contribution is -2.43. The normalized spacial score (nSPS) is 17.8. The lowest BCUT2D eigenvalue weighted by molar-refractivity contribution is 0.113. The second-order valence-corrected chi connectivity index (χ2v) is 7.91. The highest BCUT2D eigenvalue weighted by atomic mass is 32.1. The third kappa shape index (κ3) is 4.85. The summed E-state index contributed by atoms with van der Waals surface area (Å²) >= 11 is 5.57. The summed E-state index contributed by atoms with van der Waals surface area (Å²) in [5.74, 6) is 1.32. The first-order valence-corrected chi connectivity index (χ1v) is 10.8. The van der Waals surface area contributed by atoms with Crippen molar-refractivity contribution in [3.05, 3.63) is 34.1 Å². The Balaban J connectivity index is 1.52. The summed E-state index contributed by atoms with van der Waals surface area (Å²) < 4.78 is 16.9. The number of nitrogens with zero attached hydrogens (tertiary/aromatic N) is 1.